The second-order valence-electron chi connectivity index (χ2n) is 6.05. The number of carbonyl (C=O) groups is 2. The highest BCUT2D eigenvalue weighted by Gasteiger charge is 2.27. The highest BCUT2D eigenvalue weighted by molar-refractivity contribution is 5.83. The normalized spacial score (nSPS) is 12.8. The number of nitro groups is 1. The summed E-state index contributed by atoms with van der Waals surface area (Å²) in [5, 5.41) is 30.5. The van der Waals surface area contributed by atoms with Gasteiger partial charge in [0, 0.05) is 12.1 Å². The van der Waals surface area contributed by atoms with Gasteiger partial charge in [0.05, 0.1) is 6.54 Å². The lowest BCUT2D eigenvalue weighted by molar-refractivity contribution is -0.525. The summed E-state index contributed by atoms with van der Waals surface area (Å²) in [7, 11) is 0. The van der Waals surface area contributed by atoms with Crippen LogP contribution in [-0.2, 0) is 9.53 Å². The zero-order valence-electron chi connectivity index (χ0n) is 14.7. The molecule has 1 aromatic rings. The number of hydrogen-bond donors (Lipinski definition) is 5. The Morgan fingerprint density at radius 3 is 2.41 bits per heavy atom. The molecule has 0 saturated heterocycles. The molecule has 14 nitrogen and oxygen atoms in total. The number of aromatic nitrogens is 1. The van der Waals surface area contributed by atoms with Crippen molar-refractivity contribution in [3.05, 3.63) is 22.2 Å². The molecular formula is C13H20N6O8. The molecule has 0 spiro atoms. The maximum Gasteiger partial charge on any atom is 0.408 e. The number of nitrogens with one attached hydrogen (secondary N) is 2. The van der Waals surface area contributed by atoms with Gasteiger partial charge in [-0.1, -0.05) is 5.43 Å². The Morgan fingerprint density at radius 1 is 1.37 bits per heavy atom. The van der Waals surface area contributed by atoms with Crippen molar-refractivity contribution in [1.29, 1.82) is 0 Å². The smallest absolute Gasteiger partial charge is 0.408 e. The van der Waals surface area contributed by atoms with Crippen LogP contribution in [0.2, 0.25) is 0 Å². The van der Waals surface area contributed by atoms with Gasteiger partial charge >= 0.3 is 12.1 Å². The zero-order valence-corrected chi connectivity index (χ0v) is 14.7. The van der Waals surface area contributed by atoms with Gasteiger partial charge in [0.2, 0.25) is 11.8 Å². The van der Waals surface area contributed by atoms with Gasteiger partial charge in [0.1, 0.15) is 5.60 Å². The van der Waals surface area contributed by atoms with Crippen molar-refractivity contribution in [1.82, 2.24) is 15.5 Å². The Bertz CT molecular complexity index is 718. The van der Waals surface area contributed by atoms with E-state index in [2.05, 4.69) is 10.3 Å². The van der Waals surface area contributed by atoms with Crippen LogP contribution in [0.4, 0.5) is 4.79 Å². The summed E-state index contributed by atoms with van der Waals surface area (Å²) in [6.07, 6.45) is -0.999. The first-order chi connectivity index (χ1) is 12.4. The van der Waals surface area contributed by atoms with E-state index in [1.807, 2.05) is 0 Å². The summed E-state index contributed by atoms with van der Waals surface area (Å²) in [6.45, 7) is 4.21. The third-order valence-corrected chi connectivity index (χ3v) is 2.60. The lowest BCUT2D eigenvalue weighted by Crippen LogP contribution is -2.49. The van der Waals surface area contributed by atoms with E-state index < -0.39 is 53.0 Å². The molecule has 0 aliphatic rings. The van der Waals surface area contributed by atoms with Crippen LogP contribution in [-0.4, -0.2) is 56.2 Å². The number of amides is 1. The van der Waals surface area contributed by atoms with Gasteiger partial charge < -0.3 is 30.8 Å². The van der Waals surface area contributed by atoms with Crippen molar-refractivity contribution < 1.29 is 34.4 Å². The second-order valence-corrected chi connectivity index (χ2v) is 6.05. The second kappa shape index (κ2) is 8.59. The molecule has 150 valence electrons. The molecule has 14 heteroatoms. The number of aliphatic imine (C=N–C) groups is 1. The van der Waals surface area contributed by atoms with E-state index in [0.717, 1.165) is 12.1 Å². The molecule has 6 N–H and O–H groups in total. The largest absolute Gasteiger partial charge is 0.492 e. The predicted molar refractivity (Wildman–Crippen MR) is 89.1 cm³/mol. The van der Waals surface area contributed by atoms with Crippen molar-refractivity contribution >= 4 is 18.0 Å². The molecule has 0 aliphatic carbocycles. The van der Waals surface area contributed by atoms with Crippen LogP contribution in [0.25, 0.3) is 0 Å². The summed E-state index contributed by atoms with van der Waals surface area (Å²) in [5.41, 5.74) is 5.95. The van der Waals surface area contributed by atoms with E-state index >= 15 is 0 Å². The third kappa shape index (κ3) is 7.37. The predicted octanol–water partition coefficient (Wildman–Crippen LogP) is -1.16. The monoisotopic (exact) mass is 388 g/mol. The summed E-state index contributed by atoms with van der Waals surface area (Å²) in [6, 6.07) is 0.597. The fourth-order valence-electron chi connectivity index (χ4n) is 1.60. The lowest BCUT2D eigenvalue weighted by Gasteiger charge is -2.22. The zero-order chi connectivity index (χ0) is 20.8. The van der Waals surface area contributed by atoms with Gasteiger partial charge in [0.15, 0.2) is 11.1 Å². The molecule has 1 heterocycles. The number of nitrogens with two attached hydrogens (primary N) is 1. The van der Waals surface area contributed by atoms with E-state index in [-0.39, 0.29) is 0 Å². The van der Waals surface area contributed by atoms with Crippen molar-refractivity contribution in [2.24, 2.45) is 10.7 Å². The van der Waals surface area contributed by atoms with Gasteiger partial charge in [-0.15, -0.1) is 4.73 Å². The van der Waals surface area contributed by atoms with E-state index in [0.29, 0.717) is 4.73 Å². The number of aromatic hydroxyl groups is 2. The first kappa shape index (κ1) is 21.3. The molecular weight excluding hydrogens is 368 g/mol. The molecule has 1 rings (SSSR count). The maximum atomic E-state index is 12.3. The number of rotatable bonds is 6. The summed E-state index contributed by atoms with van der Waals surface area (Å²) in [4.78, 5) is 42.7. The van der Waals surface area contributed by atoms with Gasteiger partial charge in [-0.3, -0.25) is 0 Å². The van der Waals surface area contributed by atoms with Crippen molar-refractivity contribution in [3.8, 4) is 11.8 Å². The summed E-state index contributed by atoms with van der Waals surface area (Å²) in [5.74, 6) is -2.97. The van der Waals surface area contributed by atoms with E-state index in [4.69, 9.17) is 15.3 Å². The van der Waals surface area contributed by atoms with Crippen LogP contribution < -0.4 is 21.3 Å². The summed E-state index contributed by atoms with van der Waals surface area (Å²) >= 11 is 0. The molecule has 0 fully saturated rings. The molecule has 0 aromatic carbocycles. The highest BCUT2D eigenvalue weighted by Crippen LogP contribution is 2.18. The lowest BCUT2D eigenvalue weighted by atomic mass is 10.2. The molecule has 0 aliphatic heterocycles. The standard InChI is InChI=1S/C13H20N6O8/c1-13(2,3)26-12(23)16-7(6-15-11(14)17-19(24)25)10(22)27-18-8(20)4-5-9(18)21/h4-5,7,20-21H,6H2,1-3H3,(H,16,23)(H3,14,15,17). The van der Waals surface area contributed by atoms with Crippen LogP contribution in [0.15, 0.2) is 17.1 Å². The number of nitrogens with zero attached hydrogens (tertiary/aromatic N) is 3. The van der Waals surface area contributed by atoms with E-state index in [1.165, 1.54) is 0 Å². The minimum absolute atomic E-state index is 0.397. The van der Waals surface area contributed by atoms with Gasteiger partial charge in [-0.25, -0.2) is 24.7 Å². The molecule has 1 unspecified atom stereocenters. The number of alkyl carbamates (subject to hydrolysis) is 1. The van der Waals surface area contributed by atoms with Crippen molar-refractivity contribution in [2.75, 3.05) is 6.54 Å². The number of carbonyl (C=O) groups excluding carboxylic acids is 2. The quantitative estimate of drug-likeness (QED) is 0.171. The fourth-order valence-corrected chi connectivity index (χ4v) is 1.60. The minimum atomic E-state index is -1.51. The Labute approximate surface area is 152 Å². The number of ether oxygens (including phenoxy) is 1. The molecule has 0 saturated carbocycles. The maximum absolute atomic E-state index is 12.3. The molecule has 1 atom stereocenters. The Hall–Kier alpha value is -3.71. The van der Waals surface area contributed by atoms with Gasteiger partial charge in [0.25, 0.3) is 5.96 Å². The van der Waals surface area contributed by atoms with Crippen LogP contribution in [0.3, 0.4) is 0 Å². The summed E-state index contributed by atoms with van der Waals surface area (Å²) < 4.78 is 5.40. The van der Waals surface area contributed by atoms with Crippen LogP contribution in [0, 0.1) is 10.1 Å². The van der Waals surface area contributed by atoms with E-state index in [1.54, 1.807) is 26.2 Å². The minimum Gasteiger partial charge on any atom is -0.492 e. The first-order valence-electron chi connectivity index (χ1n) is 7.41. The average molecular weight is 388 g/mol. The average Bonchev–Trinajstić information content (AvgIpc) is 2.80. The molecule has 0 bridgehead atoms. The van der Waals surface area contributed by atoms with Crippen molar-refractivity contribution in [2.45, 2.75) is 32.4 Å². The van der Waals surface area contributed by atoms with Crippen LogP contribution >= 0.6 is 0 Å². The topological polar surface area (TPSA) is 204 Å². The Kier molecular flexibility index (Phi) is 6.79. The SMILES string of the molecule is CC(C)(C)OC(=O)NC(CN=C(N)N[N+](=O)[O-])C(=O)On1c(O)ccc1O. The molecule has 0 radical (unpaired) electrons. The Balaban J connectivity index is 2.93. The molecule has 27 heavy (non-hydrogen) atoms. The Morgan fingerprint density at radius 2 is 1.93 bits per heavy atom. The van der Waals surface area contributed by atoms with Crippen molar-refractivity contribution in [3.63, 3.8) is 0 Å². The third-order valence-electron chi connectivity index (χ3n) is 2.60. The number of guanidine groups is 1. The van der Waals surface area contributed by atoms with E-state index in [9.17, 15) is 29.9 Å². The molecule has 1 aromatic heterocycles. The van der Waals surface area contributed by atoms with Gasteiger partial charge in [-0.05, 0) is 20.8 Å². The van der Waals surface area contributed by atoms with Crippen LogP contribution in [0.5, 0.6) is 11.8 Å². The fraction of sp³-hybridized carbons (Fsp3) is 0.462. The highest BCUT2D eigenvalue weighted by atomic mass is 16.7. The number of hydrogen-bond acceptors (Lipinski definition) is 9. The first-order valence-corrected chi connectivity index (χ1v) is 7.41. The molecule has 1 amide bonds. The van der Waals surface area contributed by atoms with Gasteiger partial charge in [-0.2, -0.15) is 0 Å². The van der Waals surface area contributed by atoms with Crippen LogP contribution in [0.1, 0.15) is 20.8 Å². The number of hydrazine groups is 1.